The molecule has 0 radical (unpaired) electrons. The van der Waals surface area contributed by atoms with Crippen molar-refractivity contribution in [1.82, 2.24) is 9.88 Å². The summed E-state index contributed by atoms with van der Waals surface area (Å²) in [7, 11) is 0. The van der Waals surface area contributed by atoms with Gasteiger partial charge in [0, 0.05) is 19.1 Å². The van der Waals surface area contributed by atoms with E-state index in [4.69, 9.17) is 5.11 Å². The van der Waals surface area contributed by atoms with Gasteiger partial charge in [-0.2, -0.15) is 0 Å². The van der Waals surface area contributed by atoms with Crippen LogP contribution < -0.4 is 4.90 Å². The first-order valence-corrected chi connectivity index (χ1v) is 6.96. The Balaban J connectivity index is 2.05. The van der Waals surface area contributed by atoms with Crippen LogP contribution in [0.3, 0.4) is 0 Å². The van der Waals surface area contributed by atoms with Crippen molar-refractivity contribution in [3.05, 3.63) is 22.0 Å². The molecule has 2 heterocycles. The van der Waals surface area contributed by atoms with Crippen LogP contribution in [0.25, 0.3) is 0 Å². The Morgan fingerprint density at radius 1 is 1.50 bits per heavy atom. The second-order valence-electron chi connectivity index (χ2n) is 4.39. The molecule has 1 aromatic rings. The minimum atomic E-state index is 0.0333. The Morgan fingerprint density at radius 3 is 2.83 bits per heavy atom. The van der Waals surface area contributed by atoms with E-state index in [0.29, 0.717) is 13.1 Å². The molecular weight excluding hydrogens is 345 g/mol. The highest BCUT2D eigenvalue weighted by molar-refractivity contribution is 14.1. The molecule has 2 rings (SSSR count). The van der Waals surface area contributed by atoms with Crippen molar-refractivity contribution in [2.24, 2.45) is 0 Å². The third-order valence-corrected chi connectivity index (χ3v) is 3.80. The predicted octanol–water partition coefficient (Wildman–Crippen LogP) is 0.716. The largest absolute Gasteiger partial charge is 0.395 e. The van der Waals surface area contributed by atoms with Gasteiger partial charge in [-0.25, -0.2) is 4.98 Å². The average Bonchev–Trinajstić information content (AvgIpc) is 2.39. The zero-order valence-corrected chi connectivity index (χ0v) is 12.4. The highest BCUT2D eigenvalue weighted by Gasteiger charge is 2.27. The lowest BCUT2D eigenvalue weighted by molar-refractivity contribution is -0.122. The Morgan fingerprint density at radius 2 is 2.28 bits per heavy atom. The number of nitrogens with zero attached hydrogens (tertiary/aromatic N) is 3. The number of aliphatic hydroxyl groups excluding tert-OH is 1. The molecule has 0 spiro atoms. The fourth-order valence-electron chi connectivity index (χ4n) is 1.98. The second kappa shape index (κ2) is 5.94. The van der Waals surface area contributed by atoms with Crippen molar-refractivity contribution < 1.29 is 9.90 Å². The number of hydrogen-bond acceptors (Lipinski definition) is 4. The van der Waals surface area contributed by atoms with E-state index in [9.17, 15) is 4.79 Å². The number of amides is 1. The van der Waals surface area contributed by atoms with Crippen LogP contribution in [-0.2, 0) is 4.79 Å². The van der Waals surface area contributed by atoms with Crippen molar-refractivity contribution in [2.45, 2.75) is 13.0 Å². The molecule has 5 nitrogen and oxygen atoms in total. The maximum Gasteiger partial charge on any atom is 0.241 e. The van der Waals surface area contributed by atoms with Crippen molar-refractivity contribution in [1.29, 1.82) is 0 Å². The van der Waals surface area contributed by atoms with Gasteiger partial charge in [-0.15, -0.1) is 0 Å². The number of carbonyl (C=O) groups excluding carboxylic acids is 1. The minimum Gasteiger partial charge on any atom is -0.395 e. The normalized spacial score (nSPS) is 19.1. The molecule has 1 N–H and O–H groups in total. The number of rotatable bonds is 3. The lowest BCUT2D eigenvalue weighted by Crippen LogP contribution is -2.53. The van der Waals surface area contributed by atoms with Crippen LogP contribution in [0.15, 0.2) is 18.3 Å². The number of aliphatic hydroxyl groups is 1. The summed E-state index contributed by atoms with van der Waals surface area (Å²) < 4.78 is 0.913. The summed E-state index contributed by atoms with van der Waals surface area (Å²) in [6.45, 7) is 3.78. The van der Waals surface area contributed by atoms with Gasteiger partial charge in [-0.3, -0.25) is 9.69 Å². The summed E-state index contributed by atoms with van der Waals surface area (Å²) in [6, 6.07) is 3.84. The van der Waals surface area contributed by atoms with Gasteiger partial charge in [0.25, 0.3) is 0 Å². The highest BCUT2D eigenvalue weighted by atomic mass is 127. The fourth-order valence-corrected chi connectivity index (χ4v) is 2.30. The summed E-state index contributed by atoms with van der Waals surface area (Å²) in [5.74, 6) is 0.0598. The molecule has 0 aromatic carbocycles. The Hall–Kier alpha value is -0.730. The molecule has 1 saturated heterocycles. The summed E-state index contributed by atoms with van der Waals surface area (Å²) in [6.07, 6.45) is 1.73. The van der Waals surface area contributed by atoms with Crippen LogP contribution >= 0.6 is 22.6 Å². The Bertz CT molecular complexity index is 424. The molecule has 18 heavy (non-hydrogen) atoms. The Labute approximate surface area is 120 Å². The van der Waals surface area contributed by atoms with Crippen molar-refractivity contribution in [3.63, 3.8) is 0 Å². The third kappa shape index (κ3) is 2.99. The second-order valence-corrected chi connectivity index (χ2v) is 5.49. The smallest absolute Gasteiger partial charge is 0.241 e. The topological polar surface area (TPSA) is 56.7 Å². The van der Waals surface area contributed by atoms with Crippen LogP contribution in [0.5, 0.6) is 0 Å². The summed E-state index contributed by atoms with van der Waals surface area (Å²) in [5.41, 5.74) is 0.844. The van der Waals surface area contributed by atoms with Crippen LogP contribution in [0.1, 0.15) is 6.92 Å². The summed E-state index contributed by atoms with van der Waals surface area (Å²) in [4.78, 5) is 20.0. The maximum absolute atomic E-state index is 12.1. The van der Waals surface area contributed by atoms with E-state index in [2.05, 4.69) is 27.6 Å². The first kappa shape index (κ1) is 13.7. The lowest BCUT2D eigenvalue weighted by atomic mass is 10.2. The third-order valence-electron chi connectivity index (χ3n) is 3.16. The predicted molar refractivity (Wildman–Crippen MR) is 77.4 cm³/mol. The average molecular weight is 361 g/mol. The van der Waals surface area contributed by atoms with Gasteiger partial charge in [0.2, 0.25) is 5.91 Å². The summed E-state index contributed by atoms with van der Waals surface area (Å²) >= 11 is 2.14. The molecule has 1 atom stereocenters. The van der Waals surface area contributed by atoms with Gasteiger partial charge in [0.15, 0.2) is 0 Å². The molecule has 98 valence electrons. The van der Waals surface area contributed by atoms with E-state index >= 15 is 0 Å². The number of halogens is 1. The first-order valence-electron chi connectivity index (χ1n) is 5.88. The number of pyridine rings is 1. The van der Waals surface area contributed by atoms with Gasteiger partial charge >= 0.3 is 0 Å². The quantitative estimate of drug-likeness (QED) is 0.637. The van der Waals surface area contributed by atoms with Gasteiger partial charge in [-0.05, 0) is 41.6 Å². The zero-order valence-electron chi connectivity index (χ0n) is 10.2. The first-order chi connectivity index (χ1) is 8.61. The molecule has 1 aliphatic heterocycles. The highest BCUT2D eigenvalue weighted by Crippen LogP contribution is 2.17. The van der Waals surface area contributed by atoms with E-state index in [0.717, 1.165) is 15.9 Å². The van der Waals surface area contributed by atoms with E-state index in [1.165, 1.54) is 0 Å². The van der Waals surface area contributed by atoms with Crippen LogP contribution in [0.4, 0.5) is 5.69 Å². The monoisotopic (exact) mass is 361 g/mol. The van der Waals surface area contributed by atoms with Crippen molar-refractivity contribution in [2.75, 3.05) is 31.1 Å². The van der Waals surface area contributed by atoms with E-state index < -0.39 is 0 Å². The summed E-state index contributed by atoms with van der Waals surface area (Å²) in [5, 5.41) is 9.11. The SMILES string of the molecule is CC(CO)N1CCN(c2ccc(I)nc2)C(=O)C1. The van der Waals surface area contributed by atoms with Crippen LogP contribution in [0.2, 0.25) is 0 Å². The number of aromatic nitrogens is 1. The molecule has 1 amide bonds. The molecule has 0 bridgehead atoms. The molecule has 1 aromatic heterocycles. The van der Waals surface area contributed by atoms with E-state index in [1.807, 2.05) is 24.0 Å². The van der Waals surface area contributed by atoms with E-state index in [1.54, 1.807) is 11.1 Å². The zero-order chi connectivity index (χ0) is 13.1. The number of piperazine rings is 1. The van der Waals surface area contributed by atoms with Gasteiger partial charge in [0.05, 0.1) is 25.0 Å². The molecular formula is C12H16IN3O2. The number of hydrogen-bond donors (Lipinski definition) is 1. The molecule has 6 heteroatoms. The molecule has 1 fully saturated rings. The number of anilines is 1. The molecule has 1 unspecified atom stereocenters. The Kier molecular flexibility index (Phi) is 4.52. The molecule has 0 aliphatic carbocycles. The number of carbonyl (C=O) groups is 1. The standard InChI is InChI=1S/C12H16IN3O2/c1-9(8-17)15-4-5-16(12(18)7-15)10-2-3-11(13)14-6-10/h2-3,6,9,17H,4-5,7-8H2,1H3. The van der Waals surface area contributed by atoms with Crippen LogP contribution in [0, 0.1) is 3.70 Å². The maximum atomic E-state index is 12.1. The lowest BCUT2D eigenvalue weighted by Gasteiger charge is -2.36. The minimum absolute atomic E-state index is 0.0333. The molecule has 1 aliphatic rings. The van der Waals surface area contributed by atoms with E-state index in [-0.39, 0.29) is 18.6 Å². The van der Waals surface area contributed by atoms with Gasteiger partial charge in [0.1, 0.15) is 3.70 Å². The van der Waals surface area contributed by atoms with Crippen molar-refractivity contribution >= 4 is 34.2 Å². The van der Waals surface area contributed by atoms with Gasteiger partial charge < -0.3 is 10.0 Å². The molecule has 0 saturated carbocycles. The van der Waals surface area contributed by atoms with Crippen molar-refractivity contribution in [3.8, 4) is 0 Å². The van der Waals surface area contributed by atoms with Crippen LogP contribution in [-0.4, -0.2) is 53.2 Å². The van der Waals surface area contributed by atoms with Gasteiger partial charge in [-0.1, -0.05) is 0 Å². The fraction of sp³-hybridized carbons (Fsp3) is 0.500.